The molecule has 2 aromatic rings. The molecule has 29 heavy (non-hydrogen) atoms. The van der Waals surface area contributed by atoms with Crippen molar-refractivity contribution in [1.82, 2.24) is 9.21 Å². The van der Waals surface area contributed by atoms with Gasteiger partial charge < -0.3 is 9.64 Å². The van der Waals surface area contributed by atoms with Crippen LogP contribution < -0.4 is 4.74 Å². The Hall–Kier alpha value is -2.38. The Bertz CT molecular complexity index is 957. The van der Waals surface area contributed by atoms with E-state index in [2.05, 4.69) is 0 Å². The molecule has 1 atom stereocenters. The van der Waals surface area contributed by atoms with E-state index in [-0.39, 0.29) is 23.3 Å². The maximum atomic E-state index is 13.0. The number of aryl methyl sites for hydroxylation is 1. The predicted molar refractivity (Wildman–Crippen MR) is 112 cm³/mol. The van der Waals surface area contributed by atoms with Crippen LogP contribution in [0.5, 0.6) is 5.75 Å². The lowest BCUT2D eigenvalue weighted by atomic mass is 9.98. The van der Waals surface area contributed by atoms with E-state index in [9.17, 15) is 13.2 Å². The second-order valence-electron chi connectivity index (χ2n) is 7.52. The van der Waals surface area contributed by atoms with E-state index in [1.807, 2.05) is 31.2 Å². The quantitative estimate of drug-likeness (QED) is 0.726. The summed E-state index contributed by atoms with van der Waals surface area (Å²) < 4.78 is 32.8. The number of amides is 1. The van der Waals surface area contributed by atoms with Crippen molar-refractivity contribution in [2.75, 3.05) is 27.2 Å². The van der Waals surface area contributed by atoms with E-state index >= 15 is 0 Å². The van der Waals surface area contributed by atoms with E-state index < -0.39 is 10.0 Å². The highest BCUT2D eigenvalue weighted by atomic mass is 32.2. The lowest BCUT2D eigenvalue weighted by Crippen LogP contribution is -2.45. The van der Waals surface area contributed by atoms with Crippen molar-refractivity contribution in [3.05, 3.63) is 59.7 Å². The standard InChI is InChI=1S/C22H28N2O4S/c1-17-10-12-20(13-11-17)29(26,27)24-14-6-8-19(16-24)22(25)23(2)15-18-7-4-5-9-21(18)28-3/h4-5,7,9-13,19H,6,8,14-16H2,1-3H3. The van der Waals surface area contributed by atoms with E-state index in [1.54, 1.807) is 43.3 Å². The first-order chi connectivity index (χ1) is 13.8. The van der Waals surface area contributed by atoms with Gasteiger partial charge in [0.05, 0.1) is 17.9 Å². The number of carbonyl (C=O) groups excluding carboxylic acids is 1. The second-order valence-corrected chi connectivity index (χ2v) is 9.46. The molecule has 0 aromatic heterocycles. The number of sulfonamides is 1. The Morgan fingerprint density at radius 1 is 1.17 bits per heavy atom. The predicted octanol–water partition coefficient (Wildman–Crippen LogP) is 3.06. The molecule has 0 bridgehead atoms. The van der Waals surface area contributed by atoms with Crippen LogP contribution in [0.15, 0.2) is 53.4 Å². The summed E-state index contributed by atoms with van der Waals surface area (Å²) in [7, 11) is -0.239. The highest BCUT2D eigenvalue weighted by Gasteiger charge is 2.34. The molecule has 1 unspecified atom stereocenters. The number of piperidine rings is 1. The molecule has 0 N–H and O–H groups in total. The van der Waals surface area contributed by atoms with Gasteiger partial charge in [0.25, 0.3) is 0 Å². The Morgan fingerprint density at radius 3 is 2.55 bits per heavy atom. The number of para-hydroxylation sites is 1. The van der Waals surface area contributed by atoms with Crippen molar-refractivity contribution in [3.63, 3.8) is 0 Å². The van der Waals surface area contributed by atoms with Gasteiger partial charge >= 0.3 is 0 Å². The van der Waals surface area contributed by atoms with Gasteiger partial charge in [-0.1, -0.05) is 35.9 Å². The second kappa shape index (κ2) is 8.97. The van der Waals surface area contributed by atoms with Crippen molar-refractivity contribution in [1.29, 1.82) is 0 Å². The first-order valence-corrected chi connectivity index (χ1v) is 11.2. The fourth-order valence-electron chi connectivity index (χ4n) is 3.70. The maximum absolute atomic E-state index is 13.0. The third kappa shape index (κ3) is 4.79. The molecule has 1 heterocycles. The van der Waals surface area contributed by atoms with Crippen LogP contribution in [0.1, 0.15) is 24.0 Å². The first kappa shape index (κ1) is 21.3. The topological polar surface area (TPSA) is 66.9 Å². The van der Waals surface area contributed by atoms with Crippen LogP contribution in [-0.4, -0.2) is 50.8 Å². The molecule has 0 spiro atoms. The molecule has 6 nitrogen and oxygen atoms in total. The molecule has 2 aromatic carbocycles. The van der Waals surface area contributed by atoms with E-state index in [0.717, 1.165) is 16.9 Å². The van der Waals surface area contributed by atoms with Crippen LogP contribution in [0, 0.1) is 12.8 Å². The summed E-state index contributed by atoms with van der Waals surface area (Å²) in [4.78, 5) is 15.0. The van der Waals surface area contributed by atoms with Crippen molar-refractivity contribution >= 4 is 15.9 Å². The minimum atomic E-state index is -3.60. The normalized spacial score (nSPS) is 17.7. The number of methoxy groups -OCH3 is 1. The van der Waals surface area contributed by atoms with Crippen molar-refractivity contribution in [2.45, 2.75) is 31.2 Å². The van der Waals surface area contributed by atoms with Crippen LogP contribution in [0.3, 0.4) is 0 Å². The van der Waals surface area contributed by atoms with Crippen molar-refractivity contribution in [2.24, 2.45) is 5.92 Å². The number of hydrogen-bond donors (Lipinski definition) is 0. The van der Waals surface area contributed by atoms with E-state index in [0.29, 0.717) is 25.9 Å². The van der Waals surface area contributed by atoms with Crippen LogP contribution in [0.4, 0.5) is 0 Å². The van der Waals surface area contributed by atoms with E-state index in [4.69, 9.17) is 4.74 Å². The number of nitrogens with zero attached hydrogens (tertiary/aromatic N) is 2. The monoisotopic (exact) mass is 416 g/mol. The summed E-state index contributed by atoms with van der Waals surface area (Å²) in [5.41, 5.74) is 1.93. The summed E-state index contributed by atoms with van der Waals surface area (Å²) >= 11 is 0. The summed E-state index contributed by atoms with van der Waals surface area (Å²) in [5, 5.41) is 0. The van der Waals surface area contributed by atoms with Crippen molar-refractivity contribution < 1.29 is 17.9 Å². The van der Waals surface area contributed by atoms with Gasteiger partial charge in [0.15, 0.2) is 0 Å². The summed E-state index contributed by atoms with van der Waals surface area (Å²) in [6.45, 7) is 3.00. The molecule has 7 heteroatoms. The third-order valence-corrected chi connectivity index (χ3v) is 7.25. The molecule has 3 rings (SSSR count). The molecule has 0 radical (unpaired) electrons. The van der Waals surface area contributed by atoms with Gasteiger partial charge in [-0.25, -0.2) is 8.42 Å². The number of carbonyl (C=O) groups is 1. The van der Waals surface area contributed by atoms with Crippen LogP contribution in [0.2, 0.25) is 0 Å². The Balaban J connectivity index is 1.71. The molecule has 1 amide bonds. The van der Waals surface area contributed by atoms with Crippen LogP contribution in [0.25, 0.3) is 0 Å². The summed E-state index contributed by atoms with van der Waals surface area (Å²) in [5.74, 6) is 0.350. The van der Waals surface area contributed by atoms with Crippen molar-refractivity contribution in [3.8, 4) is 5.75 Å². The zero-order valence-corrected chi connectivity index (χ0v) is 18.0. The van der Waals surface area contributed by atoms with Gasteiger partial charge in [-0.15, -0.1) is 0 Å². The van der Waals surface area contributed by atoms with Gasteiger partial charge in [0, 0.05) is 32.2 Å². The van der Waals surface area contributed by atoms with Gasteiger partial charge in [-0.2, -0.15) is 4.31 Å². The maximum Gasteiger partial charge on any atom is 0.243 e. The highest BCUT2D eigenvalue weighted by Crippen LogP contribution is 2.26. The van der Waals surface area contributed by atoms with Gasteiger partial charge in [-0.05, 0) is 38.0 Å². The SMILES string of the molecule is COc1ccccc1CN(C)C(=O)C1CCCN(S(=O)(=O)c2ccc(C)cc2)C1. The van der Waals surface area contributed by atoms with Gasteiger partial charge in [-0.3, -0.25) is 4.79 Å². The lowest BCUT2D eigenvalue weighted by molar-refractivity contribution is -0.135. The zero-order valence-electron chi connectivity index (χ0n) is 17.2. The average molecular weight is 417 g/mol. The smallest absolute Gasteiger partial charge is 0.243 e. The Morgan fingerprint density at radius 2 is 1.86 bits per heavy atom. The minimum Gasteiger partial charge on any atom is -0.496 e. The molecule has 156 valence electrons. The number of rotatable bonds is 6. The molecular formula is C22H28N2O4S. The lowest BCUT2D eigenvalue weighted by Gasteiger charge is -2.33. The molecule has 1 saturated heterocycles. The van der Waals surface area contributed by atoms with Gasteiger partial charge in [0.1, 0.15) is 5.75 Å². The number of hydrogen-bond acceptors (Lipinski definition) is 4. The van der Waals surface area contributed by atoms with E-state index in [1.165, 1.54) is 4.31 Å². The van der Waals surface area contributed by atoms with Crippen LogP contribution in [-0.2, 0) is 21.4 Å². The largest absolute Gasteiger partial charge is 0.496 e. The van der Waals surface area contributed by atoms with Crippen LogP contribution >= 0.6 is 0 Å². The fraction of sp³-hybridized carbons (Fsp3) is 0.409. The molecule has 1 aliphatic heterocycles. The summed E-state index contributed by atoms with van der Waals surface area (Å²) in [6.07, 6.45) is 1.36. The third-order valence-electron chi connectivity index (χ3n) is 5.37. The fourth-order valence-corrected chi connectivity index (χ4v) is 5.22. The summed E-state index contributed by atoms with van der Waals surface area (Å²) in [6, 6.07) is 14.4. The number of ether oxygens (including phenoxy) is 1. The Labute approximate surface area is 173 Å². The van der Waals surface area contributed by atoms with Gasteiger partial charge in [0.2, 0.25) is 15.9 Å². The molecule has 0 aliphatic carbocycles. The molecule has 0 saturated carbocycles. The highest BCUT2D eigenvalue weighted by molar-refractivity contribution is 7.89. The number of benzene rings is 2. The minimum absolute atomic E-state index is 0.0419. The molecular weight excluding hydrogens is 388 g/mol. The first-order valence-electron chi connectivity index (χ1n) is 9.76. The Kier molecular flexibility index (Phi) is 6.59. The average Bonchev–Trinajstić information content (AvgIpc) is 2.74. The zero-order chi connectivity index (χ0) is 21.0. The molecule has 1 fully saturated rings. The molecule has 1 aliphatic rings.